The third kappa shape index (κ3) is 2.85. The maximum Gasteiger partial charge on any atom is 0.329 e. The van der Waals surface area contributed by atoms with E-state index in [2.05, 4.69) is 9.97 Å². The SMILES string of the molecule is CCN1CCN(S(=O)(=O)c2cnc3c(c2)c(=O)[nH]c(=O)n3C)CC1=O. The van der Waals surface area contributed by atoms with Gasteiger partial charge in [-0.05, 0) is 13.0 Å². The van der Waals surface area contributed by atoms with E-state index in [1.54, 1.807) is 4.90 Å². The number of rotatable bonds is 3. The van der Waals surface area contributed by atoms with Crippen molar-refractivity contribution in [3.63, 3.8) is 0 Å². The highest BCUT2D eigenvalue weighted by Crippen LogP contribution is 2.19. The molecule has 1 fully saturated rings. The van der Waals surface area contributed by atoms with Crippen LogP contribution in [0.15, 0.2) is 26.7 Å². The summed E-state index contributed by atoms with van der Waals surface area (Å²) >= 11 is 0. The molecule has 0 aromatic carbocycles. The summed E-state index contributed by atoms with van der Waals surface area (Å²) in [6.45, 7) is 2.58. The minimum atomic E-state index is -3.97. The highest BCUT2D eigenvalue weighted by molar-refractivity contribution is 7.89. The maximum absolute atomic E-state index is 12.8. The lowest BCUT2D eigenvalue weighted by atomic mass is 10.3. The number of sulfonamides is 1. The van der Waals surface area contributed by atoms with Crippen molar-refractivity contribution in [3.8, 4) is 0 Å². The number of H-pyrrole nitrogens is 1. The molecule has 10 nitrogen and oxygen atoms in total. The van der Waals surface area contributed by atoms with Gasteiger partial charge >= 0.3 is 5.69 Å². The molecule has 0 aliphatic carbocycles. The molecule has 0 spiro atoms. The van der Waals surface area contributed by atoms with Crippen LogP contribution in [0.1, 0.15) is 6.92 Å². The summed E-state index contributed by atoms with van der Waals surface area (Å²) in [5.41, 5.74) is -1.27. The predicted octanol–water partition coefficient (Wildman–Crippen LogP) is -1.53. The molecule has 3 heterocycles. The van der Waals surface area contributed by atoms with E-state index in [-0.39, 0.29) is 34.9 Å². The van der Waals surface area contributed by atoms with Gasteiger partial charge in [-0.25, -0.2) is 18.2 Å². The number of hydrogen-bond acceptors (Lipinski definition) is 6. The molecule has 1 amide bonds. The summed E-state index contributed by atoms with van der Waals surface area (Å²) in [6.07, 6.45) is 1.09. The number of aromatic amines is 1. The van der Waals surface area contributed by atoms with Crippen molar-refractivity contribution in [2.45, 2.75) is 11.8 Å². The van der Waals surface area contributed by atoms with Gasteiger partial charge < -0.3 is 4.90 Å². The van der Waals surface area contributed by atoms with E-state index >= 15 is 0 Å². The van der Waals surface area contributed by atoms with Crippen LogP contribution in [0.25, 0.3) is 11.0 Å². The zero-order valence-electron chi connectivity index (χ0n) is 13.7. The van der Waals surface area contributed by atoms with Gasteiger partial charge in [0.2, 0.25) is 15.9 Å². The van der Waals surface area contributed by atoms with Crippen LogP contribution in [0.5, 0.6) is 0 Å². The number of fused-ring (bicyclic) bond motifs is 1. The summed E-state index contributed by atoms with van der Waals surface area (Å²) in [5.74, 6) is -0.272. The van der Waals surface area contributed by atoms with Gasteiger partial charge in [0.15, 0.2) is 0 Å². The molecule has 0 atom stereocenters. The van der Waals surface area contributed by atoms with Crippen LogP contribution in [0.4, 0.5) is 0 Å². The number of pyridine rings is 1. The zero-order valence-corrected chi connectivity index (χ0v) is 14.5. The topological polar surface area (TPSA) is 125 Å². The Morgan fingerprint density at radius 2 is 1.96 bits per heavy atom. The second kappa shape index (κ2) is 6.08. The number of aryl methyl sites for hydroxylation is 1. The van der Waals surface area contributed by atoms with Crippen molar-refractivity contribution in [1.29, 1.82) is 0 Å². The standard InChI is InChI=1S/C14H17N5O5S/c1-3-18-4-5-19(8-11(18)20)25(23,24)9-6-10-12(15-7-9)17(2)14(22)16-13(10)21/h6-7H,3-5,8H2,1-2H3,(H,16,21,22). The second-order valence-corrected chi connectivity index (χ2v) is 7.61. The van der Waals surface area contributed by atoms with Gasteiger partial charge in [0.05, 0.1) is 11.9 Å². The highest BCUT2D eigenvalue weighted by Gasteiger charge is 2.32. The molecule has 1 saturated heterocycles. The number of carbonyl (C=O) groups excluding carboxylic acids is 1. The lowest BCUT2D eigenvalue weighted by Gasteiger charge is -2.32. The van der Waals surface area contributed by atoms with Crippen LogP contribution in [0, 0.1) is 0 Å². The fourth-order valence-corrected chi connectivity index (χ4v) is 4.09. The van der Waals surface area contributed by atoms with E-state index in [1.165, 1.54) is 13.1 Å². The summed E-state index contributed by atoms with van der Waals surface area (Å²) in [6, 6.07) is 1.17. The number of piperazine rings is 1. The second-order valence-electron chi connectivity index (χ2n) is 5.67. The van der Waals surface area contributed by atoms with E-state index in [9.17, 15) is 22.8 Å². The van der Waals surface area contributed by atoms with Crippen molar-refractivity contribution in [2.24, 2.45) is 7.05 Å². The Kier molecular flexibility index (Phi) is 4.21. The molecule has 134 valence electrons. The van der Waals surface area contributed by atoms with Crippen molar-refractivity contribution in [2.75, 3.05) is 26.2 Å². The smallest absolute Gasteiger partial charge is 0.329 e. The zero-order chi connectivity index (χ0) is 18.4. The van der Waals surface area contributed by atoms with Crippen LogP contribution in [-0.4, -0.2) is 64.2 Å². The lowest BCUT2D eigenvalue weighted by molar-refractivity contribution is -0.133. The number of aromatic nitrogens is 3. The third-order valence-corrected chi connectivity index (χ3v) is 6.04. The molecule has 2 aromatic heterocycles. The van der Waals surface area contributed by atoms with Gasteiger partial charge in [0, 0.05) is 32.9 Å². The number of nitrogens with one attached hydrogen (secondary N) is 1. The van der Waals surface area contributed by atoms with Crippen molar-refractivity contribution >= 4 is 27.0 Å². The average molecular weight is 367 g/mol. The number of likely N-dealkylation sites (N-methyl/N-ethyl adjacent to an activating group) is 1. The molecule has 25 heavy (non-hydrogen) atoms. The van der Waals surface area contributed by atoms with Crippen LogP contribution in [0.3, 0.4) is 0 Å². The van der Waals surface area contributed by atoms with Gasteiger partial charge in [-0.2, -0.15) is 4.31 Å². The number of nitrogens with zero attached hydrogens (tertiary/aromatic N) is 4. The quantitative estimate of drug-likeness (QED) is 0.702. The van der Waals surface area contributed by atoms with E-state index in [0.29, 0.717) is 13.1 Å². The van der Waals surface area contributed by atoms with Crippen molar-refractivity contribution in [1.82, 2.24) is 23.7 Å². The molecule has 0 unspecified atom stereocenters. The van der Waals surface area contributed by atoms with Gasteiger partial charge in [0.25, 0.3) is 5.56 Å². The monoisotopic (exact) mass is 367 g/mol. The number of carbonyl (C=O) groups is 1. The summed E-state index contributed by atoms with van der Waals surface area (Å²) in [4.78, 5) is 43.0. The van der Waals surface area contributed by atoms with Crippen molar-refractivity contribution in [3.05, 3.63) is 33.1 Å². The Morgan fingerprint density at radius 1 is 1.24 bits per heavy atom. The van der Waals surface area contributed by atoms with Crippen LogP contribution in [0.2, 0.25) is 0 Å². The molecule has 0 saturated carbocycles. The molecule has 11 heteroatoms. The Balaban J connectivity index is 2.05. The molecule has 3 rings (SSSR count). The van der Waals surface area contributed by atoms with Gasteiger partial charge in [-0.3, -0.25) is 19.1 Å². The van der Waals surface area contributed by atoms with Crippen LogP contribution in [-0.2, 0) is 21.9 Å². The fourth-order valence-electron chi connectivity index (χ4n) is 2.73. The first-order valence-electron chi connectivity index (χ1n) is 7.62. The summed E-state index contributed by atoms with van der Waals surface area (Å²) < 4.78 is 27.7. The predicted molar refractivity (Wildman–Crippen MR) is 88.6 cm³/mol. The first-order chi connectivity index (χ1) is 11.8. The number of amides is 1. The fraction of sp³-hybridized carbons (Fsp3) is 0.429. The molecular weight excluding hydrogens is 350 g/mol. The molecule has 1 aliphatic heterocycles. The largest absolute Gasteiger partial charge is 0.341 e. The van der Waals surface area contributed by atoms with E-state index < -0.39 is 21.3 Å². The van der Waals surface area contributed by atoms with E-state index in [1.807, 2.05) is 6.92 Å². The molecule has 0 radical (unpaired) electrons. The third-order valence-electron chi connectivity index (χ3n) is 4.23. The van der Waals surface area contributed by atoms with Crippen molar-refractivity contribution < 1.29 is 13.2 Å². The Bertz CT molecular complexity index is 1070. The Hall–Kier alpha value is -2.53. The minimum Gasteiger partial charge on any atom is -0.341 e. The minimum absolute atomic E-state index is 0.0123. The van der Waals surface area contributed by atoms with Gasteiger partial charge in [0.1, 0.15) is 10.5 Å². The molecular formula is C14H17N5O5S. The highest BCUT2D eigenvalue weighted by atomic mass is 32.2. The van der Waals surface area contributed by atoms with Gasteiger partial charge in [-0.1, -0.05) is 0 Å². The summed E-state index contributed by atoms with van der Waals surface area (Å²) in [5, 5.41) is -0.0123. The first kappa shape index (κ1) is 17.3. The Morgan fingerprint density at radius 3 is 2.60 bits per heavy atom. The van der Waals surface area contributed by atoms with E-state index in [4.69, 9.17) is 0 Å². The molecule has 1 N–H and O–H groups in total. The molecule has 1 aliphatic rings. The molecule has 2 aromatic rings. The maximum atomic E-state index is 12.8. The van der Waals surface area contributed by atoms with Crippen LogP contribution >= 0.6 is 0 Å². The van der Waals surface area contributed by atoms with E-state index in [0.717, 1.165) is 15.1 Å². The normalized spacial score (nSPS) is 16.6. The number of hydrogen-bond donors (Lipinski definition) is 1. The first-order valence-corrected chi connectivity index (χ1v) is 9.06. The van der Waals surface area contributed by atoms with Crippen LogP contribution < -0.4 is 11.2 Å². The van der Waals surface area contributed by atoms with Gasteiger partial charge in [-0.15, -0.1) is 0 Å². The summed E-state index contributed by atoms with van der Waals surface area (Å²) in [7, 11) is -2.55. The average Bonchev–Trinajstić information content (AvgIpc) is 2.59. The molecule has 0 bridgehead atoms. The lowest BCUT2D eigenvalue weighted by Crippen LogP contribution is -2.51. The Labute approximate surface area is 142 Å².